The molecule has 1 N–H and O–H groups in total. The van der Waals surface area contributed by atoms with Crippen molar-refractivity contribution in [1.29, 1.82) is 5.53 Å². The number of hydrogen-bond acceptors (Lipinski definition) is 5. The third-order valence-corrected chi connectivity index (χ3v) is 5.52. The number of halogens is 1. The van der Waals surface area contributed by atoms with Crippen molar-refractivity contribution < 1.29 is 9.13 Å². The molecule has 5 nitrogen and oxygen atoms in total. The minimum atomic E-state index is -0.715. The van der Waals surface area contributed by atoms with Gasteiger partial charge in [0.2, 0.25) is 6.23 Å². The van der Waals surface area contributed by atoms with E-state index in [1.165, 1.54) is 17.8 Å². The molecule has 2 aromatic rings. The number of rotatable bonds is 4. The fourth-order valence-electron chi connectivity index (χ4n) is 3.79. The normalized spacial score (nSPS) is 20.3. The molecule has 0 amide bonds. The predicted octanol–water partition coefficient (Wildman–Crippen LogP) is 4.78. The first-order chi connectivity index (χ1) is 14.0. The first-order valence-corrected chi connectivity index (χ1v) is 9.81. The molecule has 1 atom stereocenters. The molecule has 0 bridgehead atoms. The van der Waals surface area contributed by atoms with E-state index in [0.29, 0.717) is 5.76 Å². The van der Waals surface area contributed by atoms with E-state index in [-0.39, 0.29) is 5.82 Å². The van der Waals surface area contributed by atoms with Gasteiger partial charge in [-0.15, -0.1) is 5.11 Å². The number of ether oxygens (including phenoxy) is 1. The van der Waals surface area contributed by atoms with Crippen molar-refractivity contribution in [2.24, 2.45) is 5.11 Å². The van der Waals surface area contributed by atoms with Gasteiger partial charge in [-0.05, 0) is 67.6 Å². The zero-order valence-corrected chi connectivity index (χ0v) is 16.7. The number of piperazine rings is 1. The summed E-state index contributed by atoms with van der Waals surface area (Å²) in [4.78, 5) is 4.73. The third-order valence-electron chi connectivity index (χ3n) is 5.52. The highest BCUT2D eigenvalue weighted by Gasteiger charge is 2.25. The Bertz CT molecular complexity index is 942. The zero-order valence-electron chi connectivity index (χ0n) is 16.7. The average Bonchev–Trinajstić information content (AvgIpc) is 2.75. The van der Waals surface area contributed by atoms with Crippen LogP contribution < -0.4 is 4.90 Å². The van der Waals surface area contributed by atoms with Crippen LogP contribution in [0, 0.1) is 11.3 Å². The number of nitrogens with zero attached hydrogens (tertiary/aromatic N) is 3. The van der Waals surface area contributed by atoms with Crippen LogP contribution in [0.15, 0.2) is 65.3 Å². The van der Waals surface area contributed by atoms with E-state index >= 15 is 0 Å². The predicted molar refractivity (Wildman–Crippen MR) is 113 cm³/mol. The van der Waals surface area contributed by atoms with Crippen LogP contribution in [0.25, 0.3) is 11.3 Å². The Labute approximate surface area is 170 Å². The van der Waals surface area contributed by atoms with Crippen LogP contribution in [0.1, 0.15) is 18.1 Å². The van der Waals surface area contributed by atoms with Crippen LogP contribution in [0.3, 0.4) is 0 Å². The maximum Gasteiger partial charge on any atom is 0.234 e. The van der Waals surface area contributed by atoms with Crippen LogP contribution in [0.5, 0.6) is 0 Å². The topological polar surface area (TPSA) is 51.9 Å². The van der Waals surface area contributed by atoms with E-state index in [1.54, 1.807) is 12.1 Å². The zero-order chi connectivity index (χ0) is 20.4. The number of nitrogens with one attached hydrogen (secondary N) is 1. The lowest BCUT2D eigenvalue weighted by atomic mass is 9.97. The van der Waals surface area contributed by atoms with Crippen molar-refractivity contribution in [2.75, 3.05) is 38.1 Å². The minimum Gasteiger partial charge on any atom is -0.462 e. The summed E-state index contributed by atoms with van der Waals surface area (Å²) in [6.45, 7) is 6.13. The first kappa shape index (κ1) is 19.3. The van der Waals surface area contributed by atoms with Crippen LogP contribution in [0.4, 0.5) is 10.1 Å². The number of hydrogen-bond donors (Lipinski definition) is 1. The summed E-state index contributed by atoms with van der Waals surface area (Å²) < 4.78 is 19.3. The number of benzene rings is 2. The molecule has 6 heteroatoms. The maximum absolute atomic E-state index is 13.2. The van der Waals surface area contributed by atoms with Crippen molar-refractivity contribution in [1.82, 2.24) is 4.90 Å². The molecule has 2 heterocycles. The van der Waals surface area contributed by atoms with Crippen molar-refractivity contribution in [2.45, 2.75) is 13.2 Å². The second-order valence-corrected chi connectivity index (χ2v) is 7.56. The van der Waals surface area contributed by atoms with Crippen LogP contribution in [-0.2, 0) is 4.74 Å². The molecule has 29 heavy (non-hydrogen) atoms. The first-order valence-electron chi connectivity index (χ1n) is 9.81. The van der Waals surface area contributed by atoms with Gasteiger partial charge >= 0.3 is 0 Å². The van der Waals surface area contributed by atoms with E-state index in [2.05, 4.69) is 46.2 Å². The molecular formula is C23H25FN4O. The van der Waals surface area contributed by atoms with Crippen molar-refractivity contribution in [3.63, 3.8) is 0 Å². The van der Waals surface area contributed by atoms with Gasteiger partial charge in [-0.2, -0.15) is 0 Å². The van der Waals surface area contributed by atoms with Crippen LogP contribution in [0.2, 0.25) is 0 Å². The molecule has 0 aliphatic carbocycles. The molecule has 1 saturated heterocycles. The van der Waals surface area contributed by atoms with Gasteiger partial charge in [0.1, 0.15) is 11.6 Å². The molecule has 4 rings (SSSR count). The summed E-state index contributed by atoms with van der Waals surface area (Å²) in [5, 5.41) is 3.69. The lowest BCUT2D eigenvalue weighted by Crippen LogP contribution is -2.44. The summed E-state index contributed by atoms with van der Waals surface area (Å²) >= 11 is 0. The maximum atomic E-state index is 13.2. The Morgan fingerprint density at radius 1 is 0.966 bits per heavy atom. The van der Waals surface area contributed by atoms with Gasteiger partial charge in [0.15, 0.2) is 0 Å². The monoisotopic (exact) mass is 392 g/mol. The van der Waals surface area contributed by atoms with Crippen molar-refractivity contribution in [3.05, 3.63) is 77.1 Å². The van der Waals surface area contributed by atoms with E-state index < -0.39 is 6.23 Å². The van der Waals surface area contributed by atoms with Crippen molar-refractivity contribution >= 4 is 17.0 Å². The smallest absolute Gasteiger partial charge is 0.234 e. The van der Waals surface area contributed by atoms with E-state index in [1.807, 2.05) is 13.0 Å². The van der Waals surface area contributed by atoms with Gasteiger partial charge in [0.05, 0.1) is 0 Å². The molecule has 0 spiro atoms. The highest BCUT2D eigenvalue weighted by atomic mass is 19.1. The molecule has 0 aromatic heterocycles. The van der Waals surface area contributed by atoms with Gasteiger partial charge in [0, 0.05) is 43.0 Å². The SMILES string of the molecule is CC1=C(c2ccc(F)cc2)OC(N=N)C(c2ccc(N3CCN(C)CC3)cc2)=C1. The van der Waals surface area contributed by atoms with Gasteiger partial charge in [-0.25, -0.2) is 9.92 Å². The van der Waals surface area contributed by atoms with E-state index in [0.717, 1.165) is 48.5 Å². The highest BCUT2D eigenvalue weighted by molar-refractivity contribution is 5.79. The van der Waals surface area contributed by atoms with E-state index in [9.17, 15) is 4.39 Å². The molecule has 0 saturated carbocycles. The molecule has 1 unspecified atom stereocenters. The molecule has 2 aliphatic rings. The molecule has 150 valence electrons. The Morgan fingerprint density at radius 3 is 2.21 bits per heavy atom. The molecule has 2 aliphatic heterocycles. The Kier molecular flexibility index (Phi) is 5.45. The molecule has 1 fully saturated rings. The fourth-order valence-corrected chi connectivity index (χ4v) is 3.79. The summed E-state index contributed by atoms with van der Waals surface area (Å²) in [6, 6.07) is 14.5. The van der Waals surface area contributed by atoms with Gasteiger partial charge in [0.25, 0.3) is 0 Å². The van der Waals surface area contributed by atoms with E-state index in [4.69, 9.17) is 10.3 Å². The second-order valence-electron chi connectivity index (χ2n) is 7.56. The van der Waals surface area contributed by atoms with Gasteiger partial charge in [-0.1, -0.05) is 12.1 Å². The second kappa shape index (κ2) is 8.17. The number of allylic oxidation sites excluding steroid dienone is 2. The summed E-state index contributed by atoms with van der Waals surface area (Å²) in [6.07, 6.45) is 1.30. The molecule has 0 radical (unpaired) electrons. The quantitative estimate of drug-likeness (QED) is 0.762. The van der Waals surface area contributed by atoms with Gasteiger partial charge < -0.3 is 14.5 Å². The van der Waals surface area contributed by atoms with Crippen LogP contribution >= 0.6 is 0 Å². The Hall–Kier alpha value is -2.99. The van der Waals surface area contributed by atoms with Crippen LogP contribution in [-0.4, -0.2) is 44.4 Å². The summed E-state index contributed by atoms with van der Waals surface area (Å²) in [5.74, 6) is 0.338. The Morgan fingerprint density at radius 2 is 1.59 bits per heavy atom. The van der Waals surface area contributed by atoms with Crippen molar-refractivity contribution in [3.8, 4) is 0 Å². The van der Waals surface area contributed by atoms with Gasteiger partial charge in [-0.3, -0.25) is 0 Å². The Balaban J connectivity index is 1.60. The summed E-state index contributed by atoms with van der Waals surface area (Å²) in [5.41, 5.74) is 12.4. The fraction of sp³-hybridized carbons (Fsp3) is 0.304. The molecule has 2 aromatic carbocycles. The number of anilines is 1. The highest BCUT2D eigenvalue weighted by Crippen LogP contribution is 2.35. The lowest BCUT2D eigenvalue weighted by molar-refractivity contribution is 0.213. The largest absolute Gasteiger partial charge is 0.462 e. The molecular weight excluding hydrogens is 367 g/mol. The standard InChI is InChI=1S/C23H25FN4O/c1-16-15-21(23(26-25)29-22(16)18-3-7-19(24)8-4-18)17-5-9-20(10-6-17)28-13-11-27(2)12-14-28/h3-10,15,23,25H,11-14H2,1-2H3. The lowest BCUT2D eigenvalue weighted by Gasteiger charge is -2.34. The minimum absolute atomic E-state index is 0.291. The summed E-state index contributed by atoms with van der Waals surface area (Å²) in [7, 11) is 2.15. The average molecular weight is 392 g/mol. The third kappa shape index (κ3) is 4.07. The number of likely N-dealkylation sites (N-methyl/N-ethyl adjacent to an activating group) is 1.